The van der Waals surface area contributed by atoms with Crippen LogP contribution in [0.25, 0.3) is 0 Å². The Morgan fingerprint density at radius 2 is 1.69 bits per heavy atom. The molecule has 6 nitrogen and oxygen atoms in total. The van der Waals surface area contributed by atoms with Crippen LogP contribution >= 0.6 is 0 Å². The highest BCUT2D eigenvalue weighted by Gasteiger charge is 2.51. The van der Waals surface area contributed by atoms with E-state index >= 15 is 0 Å². The number of rotatable bonds is 2. The lowest BCUT2D eigenvalue weighted by molar-refractivity contribution is -0.291. The Hall–Kier alpha value is -0.240. The molecule has 78 valence electrons. The summed E-state index contributed by atoms with van der Waals surface area (Å²) in [7, 11) is 0. The van der Waals surface area contributed by atoms with Crippen molar-refractivity contribution in [2.45, 2.75) is 18.5 Å². The van der Waals surface area contributed by atoms with Crippen LogP contribution in [0.2, 0.25) is 0 Å². The van der Waals surface area contributed by atoms with Gasteiger partial charge in [0.25, 0.3) is 0 Å². The van der Waals surface area contributed by atoms with Crippen LogP contribution in [-0.2, 0) is 4.74 Å². The SMILES string of the molecule is OCC1(CO)C(O)OCC(O)C1O. The first kappa shape index (κ1) is 10.8. The summed E-state index contributed by atoms with van der Waals surface area (Å²) in [5.41, 5.74) is -1.60. The van der Waals surface area contributed by atoms with Crippen molar-refractivity contribution in [1.29, 1.82) is 0 Å². The second-order valence-electron chi connectivity index (χ2n) is 3.25. The van der Waals surface area contributed by atoms with Crippen molar-refractivity contribution in [1.82, 2.24) is 0 Å². The highest BCUT2D eigenvalue weighted by atomic mass is 16.6. The first-order valence-electron chi connectivity index (χ1n) is 3.96. The molecule has 5 N–H and O–H groups in total. The van der Waals surface area contributed by atoms with Gasteiger partial charge in [-0.25, -0.2) is 0 Å². The van der Waals surface area contributed by atoms with Gasteiger partial charge < -0.3 is 30.3 Å². The summed E-state index contributed by atoms with van der Waals surface area (Å²) in [6.07, 6.45) is -4.07. The maximum absolute atomic E-state index is 9.45. The summed E-state index contributed by atoms with van der Waals surface area (Å²) in [6.45, 7) is -1.55. The molecule has 3 atom stereocenters. The summed E-state index contributed by atoms with van der Waals surface area (Å²) in [5, 5.41) is 45.8. The Morgan fingerprint density at radius 1 is 1.15 bits per heavy atom. The molecule has 13 heavy (non-hydrogen) atoms. The summed E-state index contributed by atoms with van der Waals surface area (Å²) in [6, 6.07) is 0. The van der Waals surface area contributed by atoms with Crippen molar-refractivity contribution in [2.24, 2.45) is 5.41 Å². The van der Waals surface area contributed by atoms with Gasteiger partial charge in [0.2, 0.25) is 0 Å². The summed E-state index contributed by atoms with van der Waals surface area (Å²) in [4.78, 5) is 0. The molecule has 0 aromatic rings. The molecule has 1 rings (SSSR count). The zero-order valence-electron chi connectivity index (χ0n) is 7.00. The summed E-state index contributed by atoms with van der Waals surface area (Å²) >= 11 is 0. The van der Waals surface area contributed by atoms with Crippen LogP contribution in [-0.4, -0.2) is 63.9 Å². The average Bonchev–Trinajstić information content (AvgIpc) is 2.15. The van der Waals surface area contributed by atoms with Gasteiger partial charge in [-0.15, -0.1) is 0 Å². The Morgan fingerprint density at radius 3 is 2.08 bits per heavy atom. The molecule has 6 heteroatoms. The molecule has 1 aliphatic heterocycles. The van der Waals surface area contributed by atoms with Gasteiger partial charge in [-0.3, -0.25) is 0 Å². The van der Waals surface area contributed by atoms with E-state index in [-0.39, 0.29) is 6.61 Å². The molecule has 0 radical (unpaired) electrons. The van der Waals surface area contributed by atoms with Crippen molar-refractivity contribution in [2.75, 3.05) is 19.8 Å². The van der Waals surface area contributed by atoms with Gasteiger partial charge >= 0.3 is 0 Å². The highest BCUT2D eigenvalue weighted by molar-refractivity contribution is 4.95. The maximum atomic E-state index is 9.45. The number of aliphatic hydroxyl groups excluding tert-OH is 5. The second kappa shape index (κ2) is 3.87. The van der Waals surface area contributed by atoms with Gasteiger partial charge in [0.15, 0.2) is 6.29 Å². The van der Waals surface area contributed by atoms with Crippen molar-refractivity contribution >= 4 is 0 Å². The maximum Gasteiger partial charge on any atom is 0.167 e. The third kappa shape index (κ3) is 1.56. The molecule has 1 heterocycles. The fourth-order valence-corrected chi connectivity index (χ4v) is 1.37. The van der Waals surface area contributed by atoms with Crippen molar-refractivity contribution in [3.05, 3.63) is 0 Å². The van der Waals surface area contributed by atoms with Gasteiger partial charge in [-0.05, 0) is 0 Å². The first-order valence-corrected chi connectivity index (χ1v) is 3.96. The molecular weight excluding hydrogens is 180 g/mol. The van der Waals surface area contributed by atoms with E-state index in [4.69, 9.17) is 10.2 Å². The minimum absolute atomic E-state index is 0.218. The third-order valence-corrected chi connectivity index (χ3v) is 2.46. The number of ether oxygens (including phenoxy) is 1. The Balaban J connectivity index is 2.86. The number of aliphatic hydroxyl groups is 5. The molecule has 0 aromatic heterocycles. The lowest BCUT2D eigenvalue weighted by Gasteiger charge is -2.44. The van der Waals surface area contributed by atoms with Crippen LogP contribution in [0.5, 0.6) is 0 Å². The Kier molecular flexibility index (Phi) is 3.23. The molecule has 0 amide bonds. The van der Waals surface area contributed by atoms with E-state index in [9.17, 15) is 15.3 Å². The van der Waals surface area contributed by atoms with E-state index in [0.29, 0.717) is 0 Å². The monoisotopic (exact) mass is 194 g/mol. The van der Waals surface area contributed by atoms with E-state index in [1.54, 1.807) is 0 Å². The normalized spacial score (nSPS) is 39.0. The van der Waals surface area contributed by atoms with Crippen LogP contribution in [0.4, 0.5) is 0 Å². The quantitative estimate of drug-likeness (QED) is 0.321. The zero-order chi connectivity index (χ0) is 10.1. The van der Waals surface area contributed by atoms with Crippen LogP contribution in [0.3, 0.4) is 0 Å². The van der Waals surface area contributed by atoms with E-state index in [2.05, 4.69) is 4.74 Å². The van der Waals surface area contributed by atoms with Crippen LogP contribution in [0, 0.1) is 5.41 Å². The average molecular weight is 194 g/mol. The predicted molar refractivity (Wildman–Crippen MR) is 40.6 cm³/mol. The van der Waals surface area contributed by atoms with Gasteiger partial charge in [-0.2, -0.15) is 0 Å². The molecular formula is C7H14O6. The van der Waals surface area contributed by atoms with Crippen molar-refractivity contribution < 1.29 is 30.3 Å². The van der Waals surface area contributed by atoms with Gasteiger partial charge in [0.05, 0.1) is 31.3 Å². The van der Waals surface area contributed by atoms with Crippen molar-refractivity contribution in [3.63, 3.8) is 0 Å². The smallest absolute Gasteiger partial charge is 0.167 e. The fourth-order valence-electron chi connectivity index (χ4n) is 1.37. The molecule has 0 spiro atoms. The lowest BCUT2D eigenvalue weighted by Crippen LogP contribution is -2.61. The van der Waals surface area contributed by atoms with Crippen LogP contribution < -0.4 is 0 Å². The zero-order valence-corrected chi connectivity index (χ0v) is 7.00. The topological polar surface area (TPSA) is 110 Å². The molecule has 0 aliphatic carbocycles. The molecule has 1 saturated heterocycles. The number of hydrogen-bond acceptors (Lipinski definition) is 6. The van der Waals surface area contributed by atoms with Gasteiger partial charge in [0.1, 0.15) is 6.10 Å². The molecule has 1 aliphatic rings. The first-order chi connectivity index (χ1) is 6.08. The minimum atomic E-state index is -1.60. The van der Waals surface area contributed by atoms with E-state index < -0.39 is 37.1 Å². The summed E-state index contributed by atoms with van der Waals surface area (Å²) in [5.74, 6) is 0. The van der Waals surface area contributed by atoms with Gasteiger partial charge in [0, 0.05) is 0 Å². The van der Waals surface area contributed by atoms with Gasteiger partial charge in [-0.1, -0.05) is 0 Å². The van der Waals surface area contributed by atoms with Crippen LogP contribution in [0.15, 0.2) is 0 Å². The van der Waals surface area contributed by atoms with E-state index in [1.165, 1.54) is 0 Å². The molecule has 0 aromatic carbocycles. The lowest BCUT2D eigenvalue weighted by atomic mass is 9.78. The number of hydrogen-bond donors (Lipinski definition) is 5. The van der Waals surface area contributed by atoms with Crippen LogP contribution in [0.1, 0.15) is 0 Å². The minimum Gasteiger partial charge on any atom is -0.395 e. The Labute approximate surface area is 75.0 Å². The van der Waals surface area contributed by atoms with E-state index in [0.717, 1.165) is 0 Å². The largest absolute Gasteiger partial charge is 0.395 e. The highest BCUT2D eigenvalue weighted by Crippen LogP contribution is 2.32. The molecule has 0 bridgehead atoms. The van der Waals surface area contributed by atoms with E-state index in [1.807, 2.05) is 0 Å². The second-order valence-corrected chi connectivity index (χ2v) is 3.25. The fraction of sp³-hybridized carbons (Fsp3) is 1.00. The molecule has 1 fully saturated rings. The predicted octanol–water partition coefficient (Wildman–Crippen LogP) is -2.97. The van der Waals surface area contributed by atoms with Crippen molar-refractivity contribution in [3.8, 4) is 0 Å². The third-order valence-electron chi connectivity index (χ3n) is 2.46. The summed E-state index contributed by atoms with van der Waals surface area (Å²) < 4.78 is 4.68. The Bertz CT molecular complexity index is 168. The standard InChI is InChI=1S/C7H14O6/c8-2-7(3-9)5(11)4(10)1-13-6(7)12/h4-6,8-12H,1-3H2. The molecule has 3 unspecified atom stereocenters. The molecule has 0 saturated carbocycles.